The molecule has 0 spiro atoms. The molecule has 1 aromatic carbocycles. The molecule has 3 N–H and O–H groups in total. The molecular formula is C14H19N5O. The predicted molar refractivity (Wildman–Crippen MR) is 76.9 cm³/mol. The van der Waals surface area contributed by atoms with E-state index in [1.165, 1.54) is 0 Å². The van der Waals surface area contributed by atoms with Gasteiger partial charge in [-0.1, -0.05) is 37.3 Å². The zero-order chi connectivity index (χ0) is 14.5. The van der Waals surface area contributed by atoms with Crippen LogP contribution in [0.4, 0.5) is 5.95 Å². The van der Waals surface area contributed by atoms with Crippen molar-refractivity contribution in [2.45, 2.75) is 32.9 Å². The van der Waals surface area contributed by atoms with Gasteiger partial charge in [0.25, 0.3) is 5.91 Å². The number of amides is 1. The summed E-state index contributed by atoms with van der Waals surface area (Å²) in [4.78, 5) is 18.2. The third kappa shape index (κ3) is 3.14. The van der Waals surface area contributed by atoms with Gasteiger partial charge in [0.15, 0.2) is 0 Å². The van der Waals surface area contributed by atoms with Crippen molar-refractivity contribution in [1.29, 1.82) is 0 Å². The molecule has 0 fully saturated rings. The number of nitrogens with one attached hydrogen (secondary N) is 1. The number of benzene rings is 1. The van der Waals surface area contributed by atoms with Crippen molar-refractivity contribution in [3.8, 4) is 0 Å². The second kappa shape index (κ2) is 6.18. The van der Waals surface area contributed by atoms with E-state index in [9.17, 15) is 4.79 Å². The van der Waals surface area contributed by atoms with Crippen LogP contribution < -0.4 is 5.73 Å². The van der Waals surface area contributed by atoms with Crippen LogP contribution in [0.1, 0.15) is 36.5 Å². The zero-order valence-electron chi connectivity index (χ0n) is 11.7. The number of anilines is 1. The van der Waals surface area contributed by atoms with Gasteiger partial charge in [-0.05, 0) is 18.9 Å². The highest BCUT2D eigenvalue weighted by Crippen LogP contribution is 2.13. The Morgan fingerprint density at radius 3 is 2.65 bits per heavy atom. The lowest BCUT2D eigenvalue weighted by atomic mass is 10.1. The van der Waals surface area contributed by atoms with E-state index < -0.39 is 0 Å². The second-order valence-electron chi connectivity index (χ2n) is 4.72. The van der Waals surface area contributed by atoms with Gasteiger partial charge in [-0.15, -0.1) is 5.10 Å². The molecule has 1 heterocycles. The molecule has 1 amide bonds. The van der Waals surface area contributed by atoms with E-state index in [1.807, 2.05) is 44.2 Å². The van der Waals surface area contributed by atoms with Gasteiger partial charge in [0.05, 0.1) is 0 Å². The number of aromatic amines is 1. The van der Waals surface area contributed by atoms with Gasteiger partial charge >= 0.3 is 0 Å². The maximum absolute atomic E-state index is 12.5. The third-order valence-electron chi connectivity index (χ3n) is 3.28. The summed E-state index contributed by atoms with van der Waals surface area (Å²) >= 11 is 0. The Bertz CT molecular complexity index is 566. The van der Waals surface area contributed by atoms with Crippen LogP contribution in [0, 0.1) is 0 Å². The standard InChI is InChI=1S/C14H19N5O/c1-3-10(2)19(9-11-7-5-4-6-8-11)13(20)12-16-14(15)18-17-12/h4-8,10H,3,9H2,1-2H3,(H3,15,16,17,18). The minimum atomic E-state index is -0.188. The molecule has 2 aromatic rings. The van der Waals surface area contributed by atoms with Gasteiger partial charge in [-0.25, -0.2) is 0 Å². The molecule has 6 heteroatoms. The first-order chi connectivity index (χ1) is 9.61. The highest BCUT2D eigenvalue weighted by atomic mass is 16.2. The van der Waals surface area contributed by atoms with Gasteiger partial charge in [0.1, 0.15) is 0 Å². The molecule has 0 aliphatic rings. The first-order valence-electron chi connectivity index (χ1n) is 6.64. The topological polar surface area (TPSA) is 87.9 Å². The minimum absolute atomic E-state index is 0.0807. The van der Waals surface area contributed by atoms with Crippen molar-refractivity contribution >= 4 is 11.9 Å². The number of aromatic nitrogens is 3. The molecule has 0 saturated carbocycles. The Morgan fingerprint density at radius 2 is 2.10 bits per heavy atom. The maximum Gasteiger partial charge on any atom is 0.291 e. The quantitative estimate of drug-likeness (QED) is 0.870. The fourth-order valence-electron chi connectivity index (χ4n) is 1.93. The SMILES string of the molecule is CCC(C)N(Cc1ccccc1)C(=O)c1nc(N)n[nH]1. The molecule has 106 valence electrons. The Morgan fingerprint density at radius 1 is 1.40 bits per heavy atom. The number of nitrogens with zero attached hydrogens (tertiary/aromatic N) is 3. The van der Waals surface area contributed by atoms with Crippen molar-refractivity contribution in [1.82, 2.24) is 20.1 Å². The lowest BCUT2D eigenvalue weighted by molar-refractivity contribution is 0.0659. The average Bonchev–Trinajstić information content (AvgIpc) is 2.91. The first kappa shape index (κ1) is 14.0. The van der Waals surface area contributed by atoms with Gasteiger partial charge in [0.2, 0.25) is 11.8 Å². The number of nitrogen functional groups attached to an aromatic ring is 1. The van der Waals surface area contributed by atoms with Crippen LogP contribution in [0.3, 0.4) is 0 Å². The summed E-state index contributed by atoms with van der Waals surface area (Å²) in [6.45, 7) is 4.60. The predicted octanol–water partition coefficient (Wildman–Crippen LogP) is 1.83. The lowest BCUT2D eigenvalue weighted by Crippen LogP contribution is -2.38. The van der Waals surface area contributed by atoms with Crippen LogP contribution >= 0.6 is 0 Å². The van der Waals surface area contributed by atoms with Crippen molar-refractivity contribution < 1.29 is 4.79 Å². The van der Waals surface area contributed by atoms with Crippen LogP contribution in [0.5, 0.6) is 0 Å². The number of carbonyl (C=O) groups excluding carboxylic acids is 1. The van der Waals surface area contributed by atoms with Crippen molar-refractivity contribution in [2.24, 2.45) is 0 Å². The molecular weight excluding hydrogens is 254 g/mol. The van der Waals surface area contributed by atoms with Gasteiger partial charge in [-0.3, -0.25) is 9.89 Å². The molecule has 6 nitrogen and oxygen atoms in total. The lowest BCUT2D eigenvalue weighted by Gasteiger charge is -2.27. The highest BCUT2D eigenvalue weighted by molar-refractivity contribution is 5.90. The van der Waals surface area contributed by atoms with E-state index in [1.54, 1.807) is 4.90 Å². The molecule has 1 atom stereocenters. The molecule has 1 unspecified atom stereocenters. The van der Waals surface area contributed by atoms with Gasteiger partial charge < -0.3 is 10.6 Å². The summed E-state index contributed by atoms with van der Waals surface area (Å²) in [7, 11) is 0. The molecule has 0 bridgehead atoms. The summed E-state index contributed by atoms with van der Waals surface area (Å²) in [5.74, 6) is 0.0725. The van der Waals surface area contributed by atoms with Crippen LogP contribution in [0.15, 0.2) is 30.3 Å². The monoisotopic (exact) mass is 273 g/mol. The van der Waals surface area contributed by atoms with Gasteiger partial charge in [-0.2, -0.15) is 4.98 Å². The fourth-order valence-corrected chi connectivity index (χ4v) is 1.93. The number of nitrogens with two attached hydrogens (primary N) is 1. The first-order valence-corrected chi connectivity index (χ1v) is 6.64. The normalized spacial score (nSPS) is 12.1. The molecule has 0 radical (unpaired) electrons. The summed E-state index contributed by atoms with van der Waals surface area (Å²) in [6, 6.07) is 9.97. The van der Waals surface area contributed by atoms with Crippen molar-refractivity contribution in [2.75, 3.05) is 5.73 Å². The number of carbonyl (C=O) groups is 1. The number of hydrogen-bond donors (Lipinski definition) is 2. The number of hydrogen-bond acceptors (Lipinski definition) is 4. The molecule has 0 saturated heterocycles. The van der Waals surface area contributed by atoms with E-state index >= 15 is 0 Å². The number of H-pyrrole nitrogens is 1. The van der Waals surface area contributed by atoms with E-state index in [0.717, 1.165) is 12.0 Å². The number of rotatable bonds is 5. The van der Waals surface area contributed by atoms with E-state index in [0.29, 0.717) is 6.54 Å². The molecule has 0 aliphatic carbocycles. The smallest absolute Gasteiger partial charge is 0.291 e. The Balaban J connectivity index is 2.21. The van der Waals surface area contributed by atoms with Crippen LogP contribution in [0.2, 0.25) is 0 Å². The summed E-state index contributed by atoms with van der Waals surface area (Å²) in [5, 5.41) is 6.28. The van der Waals surface area contributed by atoms with Crippen molar-refractivity contribution in [3.05, 3.63) is 41.7 Å². The zero-order valence-corrected chi connectivity index (χ0v) is 11.7. The minimum Gasteiger partial charge on any atom is -0.366 e. The maximum atomic E-state index is 12.5. The van der Waals surface area contributed by atoms with Crippen molar-refractivity contribution in [3.63, 3.8) is 0 Å². The highest BCUT2D eigenvalue weighted by Gasteiger charge is 2.23. The Kier molecular flexibility index (Phi) is 4.34. The second-order valence-corrected chi connectivity index (χ2v) is 4.72. The summed E-state index contributed by atoms with van der Waals surface area (Å²) < 4.78 is 0. The Labute approximate surface area is 118 Å². The van der Waals surface area contributed by atoms with E-state index in [-0.39, 0.29) is 23.7 Å². The average molecular weight is 273 g/mol. The van der Waals surface area contributed by atoms with E-state index in [4.69, 9.17) is 5.73 Å². The van der Waals surface area contributed by atoms with Crippen LogP contribution in [-0.4, -0.2) is 32.0 Å². The van der Waals surface area contributed by atoms with Crippen LogP contribution in [0.25, 0.3) is 0 Å². The molecule has 2 rings (SSSR count). The fraction of sp³-hybridized carbons (Fsp3) is 0.357. The molecule has 0 aliphatic heterocycles. The summed E-state index contributed by atoms with van der Waals surface area (Å²) in [5.41, 5.74) is 6.53. The van der Waals surface area contributed by atoms with Gasteiger partial charge in [0, 0.05) is 12.6 Å². The largest absolute Gasteiger partial charge is 0.366 e. The Hall–Kier alpha value is -2.37. The van der Waals surface area contributed by atoms with E-state index in [2.05, 4.69) is 15.2 Å². The van der Waals surface area contributed by atoms with Crippen LogP contribution in [-0.2, 0) is 6.54 Å². The molecule has 20 heavy (non-hydrogen) atoms. The third-order valence-corrected chi connectivity index (χ3v) is 3.28. The summed E-state index contributed by atoms with van der Waals surface area (Å²) in [6.07, 6.45) is 0.863. The molecule has 1 aromatic heterocycles.